The van der Waals surface area contributed by atoms with Crippen molar-refractivity contribution in [1.82, 2.24) is 15.3 Å². The second-order valence-corrected chi connectivity index (χ2v) is 7.49. The summed E-state index contributed by atoms with van der Waals surface area (Å²) in [5.41, 5.74) is 2.82. The Bertz CT molecular complexity index is 1250. The first-order valence-corrected chi connectivity index (χ1v) is 10.7. The van der Waals surface area contributed by atoms with Crippen LogP contribution in [-0.2, 0) is 22.5 Å². The molecule has 2 N–H and O–H groups in total. The van der Waals surface area contributed by atoms with Crippen LogP contribution in [0.1, 0.15) is 46.2 Å². The Labute approximate surface area is 190 Å². The molecule has 0 aliphatic heterocycles. The SMILES string of the molecule is CCOC(=O)c1nc(CC(NC(=O)OCc2ccccc2)c2c[nH]c3ccccc23)oc1C. The van der Waals surface area contributed by atoms with E-state index in [1.807, 2.05) is 60.8 Å². The number of aryl methyl sites for hydroxylation is 1. The predicted molar refractivity (Wildman–Crippen MR) is 122 cm³/mol. The number of para-hydroxylation sites is 1. The molecule has 0 fully saturated rings. The minimum atomic E-state index is -0.567. The zero-order valence-electron chi connectivity index (χ0n) is 18.5. The topological polar surface area (TPSA) is 106 Å². The lowest BCUT2D eigenvalue weighted by Crippen LogP contribution is -2.30. The number of nitrogens with one attached hydrogen (secondary N) is 2. The monoisotopic (exact) mass is 447 g/mol. The van der Waals surface area contributed by atoms with E-state index in [0.29, 0.717) is 11.7 Å². The fourth-order valence-electron chi connectivity index (χ4n) is 3.63. The average molecular weight is 447 g/mol. The van der Waals surface area contributed by atoms with Crippen molar-refractivity contribution in [3.05, 3.63) is 89.3 Å². The van der Waals surface area contributed by atoms with E-state index in [4.69, 9.17) is 13.9 Å². The number of esters is 1. The average Bonchev–Trinajstić information content (AvgIpc) is 3.41. The van der Waals surface area contributed by atoms with Crippen molar-refractivity contribution in [2.45, 2.75) is 32.9 Å². The first kappa shape index (κ1) is 22.1. The smallest absolute Gasteiger partial charge is 0.407 e. The molecule has 0 radical (unpaired) electrons. The lowest BCUT2D eigenvalue weighted by molar-refractivity contribution is 0.0518. The van der Waals surface area contributed by atoms with Crippen molar-refractivity contribution < 1.29 is 23.5 Å². The van der Waals surface area contributed by atoms with Gasteiger partial charge in [-0.1, -0.05) is 48.5 Å². The second kappa shape index (κ2) is 10.0. The van der Waals surface area contributed by atoms with E-state index in [1.165, 1.54) is 0 Å². The first-order valence-electron chi connectivity index (χ1n) is 10.7. The van der Waals surface area contributed by atoms with Gasteiger partial charge in [-0.15, -0.1) is 0 Å². The molecule has 1 atom stereocenters. The summed E-state index contributed by atoms with van der Waals surface area (Å²) < 4.78 is 16.2. The number of aromatic amines is 1. The number of carbonyl (C=O) groups is 2. The maximum atomic E-state index is 12.6. The summed E-state index contributed by atoms with van der Waals surface area (Å²) in [6.45, 7) is 3.78. The summed E-state index contributed by atoms with van der Waals surface area (Å²) in [5, 5.41) is 3.87. The van der Waals surface area contributed by atoms with Gasteiger partial charge in [-0.25, -0.2) is 14.6 Å². The van der Waals surface area contributed by atoms with E-state index in [0.717, 1.165) is 22.0 Å². The maximum Gasteiger partial charge on any atom is 0.407 e. The molecule has 2 aromatic heterocycles. The number of amides is 1. The Kier molecular flexibility index (Phi) is 6.73. The molecular formula is C25H25N3O5. The van der Waals surface area contributed by atoms with Gasteiger partial charge in [0.1, 0.15) is 12.4 Å². The van der Waals surface area contributed by atoms with Crippen LogP contribution in [0.15, 0.2) is 65.2 Å². The van der Waals surface area contributed by atoms with Gasteiger partial charge < -0.3 is 24.2 Å². The summed E-state index contributed by atoms with van der Waals surface area (Å²) >= 11 is 0. The van der Waals surface area contributed by atoms with Gasteiger partial charge in [-0.2, -0.15) is 0 Å². The number of H-pyrrole nitrogens is 1. The van der Waals surface area contributed by atoms with Crippen LogP contribution < -0.4 is 5.32 Å². The largest absolute Gasteiger partial charge is 0.461 e. The molecule has 0 saturated carbocycles. The Hall–Kier alpha value is -4.07. The van der Waals surface area contributed by atoms with Crippen molar-refractivity contribution in [3.8, 4) is 0 Å². The fraction of sp³-hybridized carbons (Fsp3) is 0.240. The predicted octanol–water partition coefficient (Wildman–Crippen LogP) is 4.85. The van der Waals surface area contributed by atoms with Crippen LogP contribution in [0, 0.1) is 6.92 Å². The van der Waals surface area contributed by atoms with Gasteiger partial charge in [0, 0.05) is 29.1 Å². The number of hydrogen-bond acceptors (Lipinski definition) is 6. The van der Waals surface area contributed by atoms with Crippen LogP contribution in [0.25, 0.3) is 10.9 Å². The molecular weight excluding hydrogens is 422 g/mol. The lowest BCUT2D eigenvalue weighted by atomic mass is 10.0. The Morgan fingerprint density at radius 2 is 1.85 bits per heavy atom. The molecule has 4 rings (SSSR count). The number of hydrogen-bond donors (Lipinski definition) is 2. The molecule has 170 valence electrons. The van der Waals surface area contributed by atoms with Gasteiger partial charge >= 0.3 is 12.1 Å². The molecule has 8 heteroatoms. The van der Waals surface area contributed by atoms with E-state index in [-0.39, 0.29) is 25.3 Å². The molecule has 2 heterocycles. The summed E-state index contributed by atoms with van der Waals surface area (Å²) in [6, 6.07) is 16.7. The van der Waals surface area contributed by atoms with E-state index < -0.39 is 18.1 Å². The summed E-state index contributed by atoms with van der Waals surface area (Å²) in [4.78, 5) is 32.3. The quantitative estimate of drug-likeness (QED) is 0.374. The first-order chi connectivity index (χ1) is 16.0. The van der Waals surface area contributed by atoms with Crippen molar-refractivity contribution in [1.29, 1.82) is 0 Å². The van der Waals surface area contributed by atoms with Crippen LogP contribution in [0.3, 0.4) is 0 Å². The molecule has 0 aliphatic carbocycles. The van der Waals surface area contributed by atoms with Crippen LogP contribution in [0.4, 0.5) is 4.79 Å². The molecule has 0 spiro atoms. The van der Waals surface area contributed by atoms with Gasteiger partial charge in [0.2, 0.25) is 0 Å². The highest BCUT2D eigenvalue weighted by Gasteiger charge is 2.24. The standard InChI is InChI=1S/C25H25N3O5/c1-3-31-24(29)23-16(2)33-22(28-23)13-21(19-14-26-20-12-8-7-11-18(19)20)27-25(30)32-15-17-9-5-4-6-10-17/h4-12,14,21,26H,3,13,15H2,1-2H3,(H,27,30). The fourth-order valence-corrected chi connectivity index (χ4v) is 3.63. The molecule has 0 bridgehead atoms. The molecule has 0 saturated heterocycles. The number of rotatable bonds is 8. The number of oxazole rings is 1. The van der Waals surface area contributed by atoms with E-state index in [9.17, 15) is 9.59 Å². The van der Waals surface area contributed by atoms with Gasteiger partial charge in [-0.05, 0) is 25.5 Å². The van der Waals surface area contributed by atoms with Gasteiger partial charge in [0.25, 0.3) is 0 Å². The lowest BCUT2D eigenvalue weighted by Gasteiger charge is -2.17. The minimum Gasteiger partial charge on any atom is -0.461 e. The van der Waals surface area contributed by atoms with E-state index >= 15 is 0 Å². The Morgan fingerprint density at radius 3 is 2.64 bits per heavy atom. The molecule has 8 nitrogen and oxygen atoms in total. The van der Waals surface area contributed by atoms with Crippen LogP contribution in [0.2, 0.25) is 0 Å². The number of nitrogens with zero attached hydrogens (tertiary/aromatic N) is 1. The Morgan fingerprint density at radius 1 is 1.09 bits per heavy atom. The number of ether oxygens (including phenoxy) is 2. The van der Waals surface area contributed by atoms with Gasteiger partial charge in [-0.3, -0.25) is 0 Å². The molecule has 1 amide bonds. The third-order valence-corrected chi connectivity index (χ3v) is 5.19. The van der Waals surface area contributed by atoms with Crippen molar-refractivity contribution in [2.75, 3.05) is 6.61 Å². The molecule has 1 unspecified atom stereocenters. The van der Waals surface area contributed by atoms with Crippen LogP contribution in [-0.4, -0.2) is 28.6 Å². The van der Waals surface area contributed by atoms with Gasteiger partial charge in [0.15, 0.2) is 11.6 Å². The molecule has 0 aliphatic rings. The number of carbonyl (C=O) groups excluding carboxylic acids is 2. The van der Waals surface area contributed by atoms with Crippen molar-refractivity contribution in [3.63, 3.8) is 0 Å². The van der Waals surface area contributed by atoms with Crippen molar-refractivity contribution >= 4 is 23.0 Å². The van der Waals surface area contributed by atoms with E-state index in [1.54, 1.807) is 13.8 Å². The minimum absolute atomic E-state index is 0.135. The van der Waals surface area contributed by atoms with Crippen LogP contribution >= 0.6 is 0 Å². The highest BCUT2D eigenvalue weighted by Crippen LogP contribution is 2.27. The second-order valence-electron chi connectivity index (χ2n) is 7.49. The number of fused-ring (bicyclic) bond motifs is 1. The van der Waals surface area contributed by atoms with Crippen LogP contribution in [0.5, 0.6) is 0 Å². The Balaban J connectivity index is 1.56. The maximum absolute atomic E-state index is 12.6. The summed E-state index contributed by atoms with van der Waals surface area (Å²) in [6.07, 6.45) is 1.50. The van der Waals surface area contributed by atoms with Crippen molar-refractivity contribution in [2.24, 2.45) is 0 Å². The van der Waals surface area contributed by atoms with Gasteiger partial charge in [0.05, 0.1) is 12.6 Å². The third-order valence-electron chi connectivity index (χ3n) is 5.19. The zero-order chi connectivity index (χ0) is 23.2. The normalized spacial score (nSPS) is 11.8. The van der Waals surface area contributed by atoms with E-state index in [2.05, 4.69) is 15.3 Å². The number of alkyl carbamates (subject to hydrolysis) is 1. The molecule has 4 aromatic rings. The zero-order valence-corrected chi connectivity index (χ0v) is 18.5. The summed E-state index contributed by atoms with van der Waals surface area (Å²) in [7, 11) is 0. The highest BCUT2D eigenvalue weighted by molar-refractivity contribution is 5.88. The third kappa shape index (κ3) is 5.23. The molecule has 33 heavy (non-hydrogen) atoms. The number of benzene rings is 2. The molecule has 2 aromatic carbocycles. The summed E-state index contributed by atoms with van der Waals surface area (Å²) in [5.74, 6) is 0.144. The highest BCUT2D eigenvalue weighted by atomic mass is 16.5. The number of aromatic nitrogens is 2.